The van der Waals surface area contributed by atoms with Crippen molar-refractivity contribution in [1.29, 1.82) is 0 Å². The van der Waals surface area contributed by atoms with E-state index in [0.29, 0.717) is 23.3 Å². The van der Waals surface area contributed by atoms with Crippen LogP contribution >= 0.6 is 0 Å². The Hall–Kier alpha value is -3.35. The molecule has 25 heavy (non-hydrogen) atoms. The molecule has 0 aliphatic heterocycles. The molecule has 1 heterocycles. The lowest BCUT2D eigenvalue weighted by Gasteiger charge is -2.05. The summed E-state index contributed by atoms with van der Waals surface area (Å²) in [5.74, 6) is -1.55. The van der Waals surface area contributed by atoms with Gasteiger partial charge in [-0.3, -0.25) is 9.59 Å². The number of halogens is 1. The van der Waals surface area contributed by atoms with Gasteiger partial charge in [-0.15, -0.1) is 0 Å². The summed E-state index contributed by atoms with van der Waals surface area (Å²) in [6, 6.07) is 10.1. The van der Waals surface area contributed by atoms with Crippen LogP contribution in [0.5, 0.6) is 5.75 Å². The Labute approximate surface area is 142 Å². The fourth-order valence-corrected chi connectivity index (χ4v) is 2.45. The maximum absolute atomic E-state index is 13.0. The van der Waals surface area contributed by atoms with Crippen molar-refractivity contribution in [2.75, 3.05) is 11.9 Å². The Morgan fingerprint density at radius 3 is 2.56 bits per heavy atom. The van der Waals surface area contributed by atoms with Crippen molar-refractivity contribution in [1.82, 2.24) is 0 Å². The van der Waals surface area contributed by atoms with Crippen LogP contribution in [0.2, 0.25) is 0 Å². The molecular weight excluding hydrogens is 327 g/mol. The number of ether oxygens (including phenoxy) is 1. The van der Waals surface area contributed by atoms with Crippen molar-refractivity contribution in [3.8, 4) is 5.75 Å². The predicted molar refractivity (Wildman–Crippen MR) is 90.3 cm³/mol. The molecule has 0 unspecified atom stereocenters. The van der Waals surface area contributed by atoms with Crippen LogP contribution in [0.4, 0.5) is 10.1 Å². The molecule has 128 valence electrons. The topological polar surface area (TPSA) is 94.6 Å². The summed E-state index contributed by atoms with van der Waals surface area (Å²) in [5.41, 5.74) is 6.05. The van der Waals surface area contributed by atoms with Crippen molar-refractivity contribution in [3.63, 3.8) is 0 Å². The molecule has 2 aromatic carbocycles. The summed E-state index contributed by atoms with van der Waals surface area (Å²) < 4.78 is 24.0. The molecule has 0 fully saturated rings. The van der Waals surface area contributed by atoms with Crippen molar-refractivity contribution in [2.24, 2.45) is 5.73 Å². The first kappa shape index (κ1) is 16.5. The van der Waals surface area contributed by atoms with E-state index in [9.17, 15) is 14.0 Å². The van der Waals surface area contributed by atoms with E-state index in [1.54, 1.807) is 18.2 Å². The molecule has 2 amide bonds. The van der Waals surface area contributed by atoms with Crippen molar-refractivity contribution in [2.45, 2.75) is 6.92 Å². The van der Waals surface area contributed by atoms with Gasteiger partial charge in [0.25, 0.3) is 11.8 Å². The second kappa shape index (κ2) is 6.64. The van der Waals surface area contributed by atoms with E-state index < -0.39 is 17.6 Å². The van der Waals surface area contributed by atoms with Crippen LogP contribution in [0.3, 0.4) is 0 Å². The van der Waals surface area contributed by atoms with Gasteiger partial charge >= 0.3 is 0 Å². The average Bonchev–Trinajstić information content (AvgIpc) is 2.96. The monoisotopic (exact) mass is 342 g/mol. The van der Waals surface area contributed by atoms with E-state index >= 15 is 0 Å². The molecule has 1 aromatic heterocycles. The lowest BCUT2D eigenvalue weighted by molar-refractivity contribution is 0.0977. The van der Waals surface area contributed by atoms with Gasteiger partial charge in [-0.1, -0.05) is 6.07 Å². The molecule has 3 aromatic rings. The van der Waals surface area contributed by atoms with Crippen molar-refractivity contribution in [3.05, 3.63) is 59.6 Å². The highest BCUT2D eigenvalue weighted by Gasteiger charge is 2.23. The van der Waals surface area contributed by atoms with Gasteiger partial charge in [0, 0.05) is 10.9 Å². The molecular formula is C18H15FN2O4. The highest BCUT2D eigenvalue weighted by Crippen LogP contribution is 2.36. The molecule has 7 heteroatoms. The quantitative estimate of drug-likeness (QED) is 0.743. The zero-order chi connectivity index (χ0) is 18.0. The zero-order valence-corrected chi connectivity index (χ0v) is 13.3. The summed E-state index contributed by atoms with van der Waals surface area (Å²) in [5, 5.41) is 3.09. The lowest BCUT2D eigenvalue weighted by atomic mass is 10.1. The van der Waals surface area contributed by atoms with Crippen LogP contribution in [0.1, 0.15) is 27.8 Å². The highest BCUT2D eigenvalue weighted by molar-refractivity contribution is 6.14. The number of rotatable bonds is 5. The maximum Gasteiger partial charge on any atom is 0.286 e. The lowest BCUT2D eigenvalue weighted by Crippen LogP contribution is -2.17. The summed E-state index contributed by atoms with van der Waals surface area (Å²) in [4.78, 5) is 24.1. The third-order valence-electron chi connectivity index (χ3n) is 3.55. The average molecular weight is 342 g/mol. The molecule has 0 saturated heterocycles. The largest absolute Gasteiger partial charge is 0.490 e. The number of primary amides is 1. The van der Waals surface area contributed by atoms with Gasteiger partial charge in [0.15, 0.2) is 11.3 Å². The van der Waals surface area contributed by atoms with Gasteiger partial charge in [0.1, 0.15) is 11.5 Å². The molecule has 6 nitrogen and oxygen atoms in total. The van der Waals surface area contributed by atoms with Crippen molar-refractivity contribution < 1.29 is 23.1 Å². The minimum absolute atomic E-state index is 0.151. The van der Waals surface area contributed by atoms with Gasteiger partial charge in [0.05, 0.1) is 6.61 Å². The van der Waals surface area contributed by atoms with E-state index in [0.717, 1.165) is 0 Å². The van der Waals surface area contributed by atoms with Crippen LogP contribution in [0.25, 0.3) is 11.0 Å². The van der Waals surface area contributed by atoms with E-state index in [2.05, 4.69) is 5.32 Å². The predicted octanol–water partition coefficient (Wildman–Crippen LogP) is 3.32. The number of nitrogens with two attached hydrogens (primary N) is 1. The molecule has 3 rings (SSSR count). The Kier molecular flexibility index (Phi) is 4.38. The van der Waals surface area contributed by atoms with Gasteiger partial charge < -0.3 is 20.2 Å². The number of fused-ring (bicyclic) bond motifs is 1. The van der Waals surface area contributed by atoms with Crippen LogP contribution in [-0.2, 0) is 0 Å². The Balaban J connectivity index is 2.06. The normalized spacial score (nSPS) is 10.6. The first-order chi connectivity index (χ1) is 12.0. The SMILES string of the molecule is CCOc1cccc2c(NC(=O)c3ccc(F)cc3)c(C(N)=O)oc12. The fourth-order valence-electron chi connectivity index (χ4n) is 2.45. The molecule has 0 atom stereocenters. The number of anilines is 1. The number of furan rings is 1. The fraction of sp³-hybridized carbons (Fsp3) is 0.111. The highest BCUT2D eigenvalue weighted by atomic mass is 19.1. The number of para-hydroxylation sites is 1. The van der Waals surface area contributed by atoms with Crippen LogP contribution in [-0.4, -0.2) is 18.4 Å². The zero-order valence-electron chi connectivity index (χ0n) is 13.3. The number of carbonyl (C=O) groups excluding carboxylic acids is 2. The van der Waals surface area contributed by atoms with E-state index in [1.807, 2.05) is 6.92 Å². The molecule has 3 N–H and O–H groups in total. The summed E-state index contributed by atoms with van der Waals surface area (Å²) >= 11 is 0. The maximum atomic E-state index is 13.0. The van der Waals surface area contributed by atoms with E-state index in [-0.39, 0.29) is 17.0 Å². The second-order valence-corrected chi connectivity index (χ2v) is 5.20. The Bertz CT molecular complexity index is 948. The standard InChI is InChI=1S/C18H15FN2O4/c1-2-24-13-5-3-4-12-14(16(17(20)22)25-15(12)13)21-18(23)10-6-8-11(19)9-7-10/h3-9H,2H2,1H3,(H2,20,22)(H,21,23). The molecule has 0 spiro atoms. The van der Waals surface area contributed by atoms with E-state index in [1.165, 1.54) is 24.3 Å². The minimum Gasteiger partial charge on any atom is -0.490 e. The molecule has 0 saturated carbocycles. The van der Waals surface area contributed by atoms with Gasteiger partial charge in [0.2, 0.25) is 5.76 Å². The third-order valence-corrected chi connectivity index (χ3v) is 3.55. The summed E-state index contributed by atoms with van der Waals surface area (Å²) in [6.07, 6.45) is 0. The molecule has 0 aliphatic carbocycles. The smallest absolute Gasteiger partial charge is 0.286 e. The number of amides is 2. The number of hydrogen-bond donors (Lipinski definition) is 2. The third kappa shape index (κ3) is 3.16. The number of carbonyl (C=O) groups is 2. The van der Waals surface area contributed by atoms with E-state index in [4.69, 9.17) is 14.9 Å². The van der Waals surface area contributed by atoms with Gasteiger partial charge in [-0.25, -0.2) is 4.39 Å². The first-order valence-corrected chi connectivity index (χ1v) is 7.56. The Morgan fingerprint density at radius 1 is 1.20 bits per heavy atom. The van der Waals surface area contributed by atoms with Crippen LogP contribution < -0.4 is 15.8 Å². The van der Waals surface area contributed by atoms with Gasteiger partial charge in [-0.05, 0) is 43.3 Å². The summed E-state index contributed by atoms with van der Waals surface area (Å²) in [7, 11) is 0. The second-order valence-electron chi connectivity index (χ2n) is 5.20. The summed E-state index contributed by atoms with van der Waals surface area (Å²) in [6.45, 7) is 2.22. The van der Waals surface area contributed by atoms with Crippen LogP contribution in [0.15, 0.2) is 46.9 Å². The molecule has 0 aliphatic rings. The Morgan fingerprint density at radius 2 is 1.92 bits per heavy atom. The molecule has 0 radical (unpaired) electrons. The number of nitrogens with one attached hydrogen (secondary N) is 1. The number of hydrogen-bond acceptors (Lipinski definition) is 4. The minimum atomic E-state index is -0.826. The first-order valence-electron chi connectivity index (χ1n) is 7.56. The van der Waals surface area contributed by atoms with Crippen molar-refractivity contribution >= 4 is 28.5 Å². The van der Waals surface area contributed by atoms with Crippen LogP contribution in [0, 0.1) is 5.82 Å². The molecule has 0 bridgehead atoms. The van der Waals surface area contributed by atoms with Gasteiger partial charge in [-0.2, -0.15) is 0 Å². The number of benzene rings is 2.